The van der Waals surface area contributed by atoms with Crippen molar-refractivity contribution >= 4 is 11.9 Å². The van der Waals surface area contributed by atoms with Crippen LogP contribution in [0.1, 0.15) is 44.5 Å². The largest absolute Gasteiger partial charge is 0.508 e. The smallest absolute Gasteiger partial charge is 0.270 e. The second-order valence-electron chi connectivity index (χ2n) is 7.62. The molecule has 4 aromatic rings. The molecule has 2 heterocycles. The van der Waals surface area contributed by atoms with E-state index in [4.69, 9.17) is 5.73 Å². The summed E-state index contributed by atoms with van der Waals surface area (Å²) in [6.45, 7) is 1.71. The number of anilines is 1. The average molecular weight is 471 g/mol. The van der Waals surface area contributed by atoms with E-state index in [1.54, 1.807) is 13.0 Å². The lowest BCUT2D eigenvalue weighted by molar-refractivity contribution is 0.0937. The van der Waals surface area contributed by atoms with Gasteiger partial charge in [-0.1, -0.05) is 24.0 Å². The number of carbonyl (C=O) groups excluding carboxylic acids is 1. The maximum absolute atomic E-state index is 14.0. The number of hydrogen-bond acceptors (Lipinski definition) is 6. The SMILES string of the molecule is Cc1cc(C#Cc2cnc(N)nc2)cc(C(=O)NC(c2ccc(F)cc2)c2cc(F)ccc2O)n1. The number of phenols is 1. The molecular formula is C26H19F2N5O2. The van der Waals surface area contributed by atoms with Crippen LogP contribution in [0.15, 0.2) is 67.0 Å². The van der Waals surface area contributed by atoms with Crippen LogP contribution in [0.2, 0.25) is 0 Å². The number of benzene rings is 2. The van der Waals surface area contributed by atoms with Crippen LogP contribution in [0.3, 0.4) is 0 Å². The van der Waals surface area contributed by atoms with Crippen molar-refractivity contribution < 1.29 is 18.7 Å². The predicted molar refractivity (Wildman–Crippen MR) is 125 cm³/mol. The van der Waals surface area contributed by atoms with E-state index >= 15 is 0 Å². The minimum atomic E-state index is -0.970. The van der Waals surface area contributed by atoms with E-state index in [1.165, 1.54) is 48.8 Å². The van der Waals surface area contributed by atoms with Gasteiger partial charge in [-0.3, -0.25) is 4.79 Å². The summed E-state index contributed by atoms with van der Waals surface area (Å²) in [5.41, 5.74) is 7.70. The lowest BCUT2D eigenvalue weighted by Gasteiger charge is -2.21. The lowest BCUT2D eigenvalue weighted by Crippen LogP contribution is -2.30. The number of nitrogen functional groups attached to an aromatic ring is 1. The van der Waals surface area contributed by atoms with Crippen molar-refractivity contribution in [3.05, 3.63) is 112 Å². The molecule has 0 saturated carbocycles. The van der Waals surface area contributed by atoms with E-state index in [0.29, 0.717) is 22.4 Å². The molecule has 1 atom stereocenters. The molecule has 174 valence electrons. The van der Waals surface area contributed by atoms with Crippen LogP contribution in [-0.2, 0) is 0 Å². The zero-order valence-corrected chi connectivity index (χ0v) is 18.5. The van der Waals surface area contributed by atoms with Gasteiger partial charge in [0.15, 0.2) is 0 Å². The molecule has 7 nitrogen and oxygen atoms in total. The topological polar surface area (TPSA) is 114 Å². The van der Waals surface area contributed by atoms with Gasteiger partial charge in [-0.25, -0.2) is 23.7 Å². The molecular weight excluding hydrogens is 452 g/mol. The first-order valence-electron chi connectivity index (χ1n) is 10.4. The van der Waals surface area contributed by atoms with Gasteiger partial charge in [0.2, 0.25) is 5.95 Å². The zero-order chi connectivity index (χ0) is 24.9. The van der Waals surface area contributed by atoms with Gasteiger partial charge in [-0.2, -0.15) is 0 Å². The number of nitrogens with two attached hydrogens (primary N) is 1. The number of carbonyl (C=O) groups is 1. The number of rotatable bonds is 4. The molecule has 4 N–H and O–H groups in total. The molecule has 9 heteroatoms. The zero-order valence-electron chi connectivity index (χ0n) is 18.5. The molecule has 35 heavy (non-hydrogen) atoms. The third kappa shape index (κ3) is 5.75. The first-order chi connectivity index (χ1) is 16.8. The minimum absolute atomic E-state index is 0.0610. The molecule has 0 bridgehead atoms. The molecule has 2 aromatic carbocycles. The van der Waals surface area contributed by atoms with E-state index < -0.39 is 23.6 Å². The summed E-state index contributed by atoms with van der Waals surface area (Å²) in [7, 11) is 0. The predicted octanol–water partition coefficient (Wildman–Crippen LogP) is 3.67. The summed E-state index contributed by atoms with van der Waals surface area (Å²) in [5.74, 6) is 4.07. The van der Waals surface area contributed by atoms with Crippen molar-refractivity contribution in [2.24, 2.45) is 0 Å². The molecule has 1 amide bonds. The number of amides is 1. The van der Waals surface area contributed by atoms with E-state index in [0.717, 1.165) is 12.1 Å². The molecule has 0 aliphatic heterocycles. The lowest BCUT2D eigenvalue weighted by atomic mass is 9.97. The number of pyridine rings is 1. The molecule has 2 aromatic heterocycles. The van der Waals surface area contributed by atoms with Gasteiger partial charge in [0, 0.05) is 29.2 Å². The second-order valence-corrected chi connectivity index (χ2v) is 7.62. The Morgan fingerprint density at radius 3 is 2.34 bits per heavy atom. The van der Waals surface area contributed by atoms with Gasteiger partial charge in [-0.15, -0.1) is 0 Å². The first-order valence-corrected chi connectivity index (χ1v) is 10.4. The Balaban J connectivity index is 1.67. The van der Waals surface area contributed by atoms with Crippen LogP contribution in [0.4, 0.5) is 14.7 Å². The first kappa shape index (κ1) is 23.3. The van der Waals surface area contributed by atoms with Crippen LogP contribution in [0.25, 0.3) is 0 Å². The normalized spacial score (nSPS) is 11.3. The number of aromatic hydroxyl groups is 1. The summed E-state index contributed by atoms with van der Waals surface area (Å²) >= 11 is 0. The quantitative estimate of drug-likeness (QED) is 0.392. The van der Waals surface area contributed by atoms with Crippen molar-refractivity contribution in [1.82, 2.24) is 20.3 Å². The molecule has 0 saturated heterocycles. The Bertz CT molecular complexity index is 1450. The van der Waals surface area contributed by atoms with E-state index in [-0.39, 0.29) is 23.0 Å². The monoisotopic (exact) mass is 471 g/mol. The molecule has 1 unspecified atom stereocenters. The van der Waals surface area contributed by atoms with Crippen LogP contribution in [0, 0.1) is 30.4 Å². The van der Waals surface area contributed by atoms with Crippen molar-refractivity contribution in [3.63, 3.8) is 0 Å². The highest BCUT2D eigenvalue weighted by atomic mass is 19.1. The summed E-state index contributed by atoms with van der Waals surface area (Å²) in [6, 6.07) is 10.9. The summed E-state index contributed by atoms with van der Waals surface area (Å²) in [4.78, 5) is 25.2. The van der Waals surface area contributed by atoms with Crippen molar-refractivity contribution in [2.75, 3.05) is 5.73 Å². The maximum Gasteiger partial charge on any atom is 0.270 e. The van der Waals surface area contributed by atoms with Gasteiger partial charge in [0.1, 0.15) is 23.1 Å². The van der Waals surface area contributed by atoms with Gasteiger partial charge in [0.25, 0.3) is 5.91 Å². The van der Waals surface area contributed by atoms with Crippen LogP contribution in [-0.4, -0.2) is 26.0 Å². The highest BCUT2D eigenvalue weighted by molar-refractivity contribution is 5.93. The number of nitrogens with one attached hydrogen (secondary N) is 1. The second kappa shape index (κ2) is 9.97. The summed E-state index contributed by atoms with van der Waals surface area (Å²) in [6.07, 6.45) is 2.96. The Kier molecular flexibility index (Phi) is 6.64. The van der Waals surface area contributed by atoms with E-state index in [2.05, 4.69) is 32.1 Å². The third-order valence-electron chi connectivity index (χ3n) is 4.99. The fraction of sp³-hybridized carbons (Fsp3) is 0.0769. The van der Waals surface area contributed by atoms with Crippen molar-refractivity contribution in [1.29, 1.82) is 0 Å². The average Bonchev–Trinajstić information content (AvgIpc) is 2.84. The number of aromatic nitrogens is 3. The Morgan fingerprint density at radius 1 is 0.971 bits per heavy atom. The summed E-state index contributed by atoms with van der Waals surface area (Å²) < 4.78 is 27.5. The molecule has 0 aliphatic rings. The van der Waals surface area contributed by atoms with Gasteiger partial charge in [-0.05, 0) is 55.0 Å². The fourth-order valence-corrected chi connectivity index (χ4v) is 3.36. The Hall–Kier alpha value is -4.84. The highest BCUT2D eigenvalue weighted by Gasteiger charge is 2.22. The number of nitrogens with zero attached hydrogens (tertiary/aromatic N) is 3. The van der Waals surface area contributed by atoms with Gasteiger partial charge in [0.05, 0.1) is 11.6 Å². The minimum Gasteiger partial charge on any atom is -0.508 e. The molecule has 0 radical (unpaired) electrons. The van der Waals surface area contributed by atoms with E-state index in [9.17, 15) is 18.7 Å². The van der Waals surface area contributed by atoms with Crippen molar-refractivity contribution in [2.45, 2.75) is 13.0 Å². The van der Waals surface area contributed by atoms with Crippen LogP contribution >= 0.6 is 0 Å². The molecule has 0 spiro atoms. The Morgan fingerprint density at radius 2 is 1.63 bits per heavy atom. The highest BCUT2D eigenvalue weighted by Crippen LogP contribution is 2.30. The van der Waals surface area contributed by atoms with Crippen molar-refractivity contribution in [3.8, 4) is 17.6 Å². The number of halogens is 2. The van der Waals surface area contributed by atoms with Gasteiger partial charge >= 0.3 is 0 Å². The maximum atomic E-state index is 14.0. The molecule has 0 aliphatic carbocycles. The number of hydrogen-bond donors (Lipinski definition) is 3. The standard InChI is InChI=1S/C26H19F2N5O2/c1-15-10-16(2-3-17-13-30-26(29)31-14-17)11-22(32-15)25(35)33-24(18-4-6-19(27)7-5-18)21-12-20(28)8-9-23(21)34/h4-14,24,34H,1H3,(H,33,35)(H2,29,30,31). The van der Waals surface area contributed by atoms with E-state index in [1.807, 2.05) is 0 Å². The fourth-order valence-electron chi connectivity index (χ4n) is 3.36. The van der Waals surface area contributed by atoms with Crippen LogP contribution < -0.4 is 11.1 Å². The Labute approximate surface area is 199 Å². The summed E-state index contributed by atoms with van der Waals surface area (Å²) in [5, 5.41) is 13.1. The third-order valence-corrected chi connectivity index (χ3v) is 4.99. The van der Waals surface area contributed by atoms with Gasteiger partial charge < -0.3 is 16.2 Å². The molecule has 4 rings (SSSR count). The number of phenolic OH excluding ortho intramolecular Hbond substituents is 1. The number of aryl methyl sites for hydroxylation is 1. The molecule has 0 fully saturated rings. The van der Waals surface area contributed by atoms with Crippen LogP contribution in [0.5, 0.6) is 5.75 Å².